The second-order valence-corrected chi connectivity index (χ2v) is 6.64. The lowest BCUT2D eigenvalue weighted by Crippen LogP contribution is -2.62. The predicted molar refractivity (Wildman–Crippen MR) is 65.1 cm³/mol. The van der Waals surface area contributed by atoms with E-state index in [2.05, 4.69) is 6.92 Å². The minimum atomic E-state index is -0.106. The first-order valence-electron chi connectivity index (χ1n) is 7.38. The van der Waals surface area contributed by atoms with Crippen molar-refractivity contribution < 1.29 is 14.4 Å². The molecule has 4 rings (SSSR count). The summed E-state index contributed by atoms with van der Waals surface area (Å²) >= 11 is 0. The number of hydroxylamine groups is 2. The average Bonchev–Trinajstić information content (AvgIpc) is 2.72. The highest BCUT2D eigenvalue weighted by Crippen LogP contribution is 2.58. The molecule has 18 heavy (non-hydrogen) atoms. The van der Waals surface area contributed by atoms with Crippen molar-refractivity contribution in [1.29, 1.82) is 0 Å². The zero-order valence-corrected chi connectivity index (χ0v) is 11.3. The number of nitrogens with zero attached hydrogens (tertiary/aromatic N) is 1. The summed E-state index contributed by atoms with van der Waals surface area (Å²) in [6.07, 6.45) is 6.51. The maximum absolute atomic E-state index is 6.00. The SMILES string of the molecule is CO[C@@H]1ON2OC[C@H]3CC[C@@H]4CCC[C@@H](C41)[C@]32C. The Morgan fingerprint density at radius 2 is 2.11 bits per heavy atom. The van der Waals surface area contributed by atoms with E-state index in [1.165, 1.54) is 32.1 Å². The van der Waals surface area contributed by atoms with Gasteiger partial charge in [-0.05, 0) is 44.4 Å². The molecule has 2 saturated heterocycles. The maximum atomic E-state index is 6.00. The van der Waals surface area contributed by atoms with Gasteiger partial charge in [-0.25, -0.2) is 4.84 Å². The Kier molecular flexibility index (Phi) is 2.54. The monoisotopic (exact) mass is 253 g/mol. The van der Waals surface area contributed by atoms with Crippen molar-refractivity contribution in [3.63, 3.8) is 0 Å². The second-order valence-electron chi connectivity index (χ2n) is 6.64. The summed E-state index contributed by atoms with van der Waals surface area (Å²) < 4.78 is 5.62. The molecule has 4 bridgehead atoms. The molecule has 4 fully saturated rings. The molecule has 2 aliphatic carbocycles. The third-order valence-electron chi connectivity index (χ3n) is 6.09. The smallest absolute Gasteiger partial charge is 0.183 e. The Balaban J connectivity index is 1.80. The number of hydrogen-bond acceptors (Lipinski definition) is 4. The van der Waals surface area contributed by atoms with Gasteiger partial charge in [-0.3, -0.25) is 4.84 Å². The summed E-state index contributed by atoms with van der Waals surface area (Å²) in [6, 6.07) is 0. The zero-order valence-electron chi connectivity index (χ0n) is 11.3. The standard InChI is InChI=1S/C14H23NO3/c1-14-10-7-6-9-4-3-5-11(14)12(9)13(16-2)18-15(14)17-8-10/h9-13H,3-8H2,1-2H3/t9-,10+,11-,12?,13+,14-/m0/s1. The Labute approximate surface area is 108 Å². The fourth-order valence-electron chi connectivity index (χ4n) is 5.10. The van der Waals surface area contributed by atoms with Crippen molar-refractivity contribution >= 4 is 0 Å². The first-order valence-corrected chi connectivity index (χ1v) is 7.38. The second kappa shape index (κ2) is 3.92. The van der Waals surface area contributed by atoms with Crippen LogP contribution in [0, 0.1) is 23.7 Å². The minimum Gasteiger partial charge on any atom is -0.354 e. The van der Waals surface area contributed by atoms with Crippen molar-refractivity contribution in [2.24, 2.45) is 23.7 Å². The van der Waals surface area contributed by atoms with Crippen molar-refractivity contribution in [3.8, 4) is 0 Å². The third-order valence-corrected chi connectivity index (χ3v) is 6.09. The van der Waals surface area contributed by atoms with E-state index in [4.69, 9.17) is 14.4 Å². The van der Waals surface area contributed by atoms with Crippen molar-refractivity contribution in [1.82, 2.24) is 5.23 Å². The van der Waals surface area contributed by atoms with Crippen LogP contribution in [0.5, 0.6) is 0 Å². The van der Waals surface area contributed by atoms with Crippen LogP contribution in [-0.4, -0.2) is 30.8 Å². The van der Waals surface area contributed by atoms with Crippen LogP contribution in [0.2, 0.25) is 0 Å². The normalized spacial score (nSPS) is 55.3. The molecule has 6 atom stereocenters. The van der Waals surface area contributed by atoms with E-state index in [1.807, 2.05) is 0 Å². The van der Waals surface area contributed by atoms with E-state index in [0.717, 1.165) is 12.5 Å². The molecule has 0 spiro atoms. The van der Waals surface area contributed by atoms with Gasteiger partial charge in [0.2, 0.25) is 0 Å². The van der Waals surface area contributed by atoms with Crippen LogP contribution >= 0.6 is 0 Å². The summed E-state index contributed by atoms with van der Waals surface area (Å²) in [5, 5.41) is 1.81. The highest BCUT2D eigenvalue weighted by atomic mass is 17.0. The molecule has 0 aromatic carbocycles. The summed E-state index contributed by atoms with van der Waals surface area (Å²) in [5.74, 6) is 2.66. The van der Waals surface area contributed by atoms with Crippen LogP contribution < -0.4 is 0 Å². The highest BCUT2D eigenvalue weighted by molar-refractivity contribution is 5.06. The average molecular weight is 253 g/mol. The van der Waals surface area contributed by atoms with Gasteiger partial charge >= 0.3 is 0 Å². The Morgan fingerprint density at radius 3 is 2.94 bits per heavy atom. The van der Waals surface area contributed by atoms with Gasteiger partial charge in [0.15, 0.2) is 6.29 Å². The highest BCUT2D eigenvalue weighted by Gasteiger charge is 2.63. The van der Waals surface area contributed by atoms with Gasteiger partial charge in [-0.15, -0.1) is 0 Å². The Morgan fingerprint density at radius 1 is 1.22 bits per heavy atom. The number of rotatable bonds is 1. The van der Waals surface area contributed by atoms with E-state index >= 15 is 0 Å². The molecule has 2 heterocycles. The van der Waals surface area contributed by atoms with Crippen molar-refractivity contribution in [2.45, 2.75) is 50.9 Å². The van der Waals surface area contributed by atoms with Crippen LogP contribution in [0.3, 0.4) is 0 Å². The fraction of sp³-hybridized carbons (Fsp3) is 1.00. The van der Waals surface area contributed by atoms with Gasteiger partial charge in [0, 0.05) is 18.9 Å². The molecule has 4 aliphatic rings. The summed E-state index contributed by atoms with van der Waals surface area (Å²) in [6.45, 7) is 3.17. The largest absolute Gasteiger partial charge is 0.354 e. The maximum Gasteiger partial charge on any atom is 0.183 e. The molecular formula is C14H23NO3. The van der Waals surface area contributed by atoms with Gasteiger partial charge in [0.25, 0.3) is 0 Å². The van der Waals surface area contributed by atoms with Gasteiger partial charge < -0.3 is 4.74 Å². The van der Waals surface area contributed by atoms with Crippen LogP contribution in [0.15, 0.2) is 0 Å². The van der Waals surface area contributed by atoms with Gasteiger partial charge in [0.1, 0.15) is 0 Å². The molecule has 4 heteroatoms. The van der Waals surface area contributed by atoms with Gasteiger partial charge in [-0.1, -0.05) is 11.6 Å². The van der Waals surface area contributed by atoms with Crippen LogP contribution in [0.1, 0.15) is 39.0 Å². The van der Waals surface area contributed by atoms with Gasteiger partial charge in [-0.2, -0.15) is 0 Å². The third kappa shape index (κ3) is 1.30. The number of methoxy groups -OCH3 is 1. The Bertz CT molecular complexity index is 350. The first kappa shape index (κ1) is 11.6. The zero-order chi connectivity index (χ0) is 12.3. The lowest BCUT2D eigenvalue weighted by Gasteiger charge is -2.53. The molecule has 1 unspecified atom stereocenters. The molecule has 0 aromatic rings. The van der Waals surface area contributed by atoms with Crippen LogP contribution in [0.25, 0.3) is 0 Å². The van der Waals surface area contributed by atoms with Crippen LogP contribution in [0.4, 0.5) is 0 Å². The van der Waals surface area contributed by atoms with Crippen molar-refractivity contribution in [3.05, 3.63) is 0 Å². The number of ether oxygens (including phenoxy) is 1. The molecule has 0 amide bonds. The summed E-state index contributed by atoms with van der Waals surface area (Å²) in [4.78, 5) is 11.8. The Hall–Kier alpha value is -0.160. The van der Waals surface area contributed by atoms with E-state index in [0.29, 0.717) is 17.8 Å². The fourth-order valence-corrected chi connectivity index (χ4v) is 5.10. The topological polar surface area (TPSA) is 30.9 Å². The summed E-state index contributed by atoms with van der Waals surface area (Å²) in [7, 11) is 1.77. The first-order chi connectivity index (χ1) is 8.75. The van der Waals surface area contributed by atoms with Crippen molar-refractivity contribution in [2.75, 3.05) is 13.7 Å². The predicted octanol–water partition coefficient (Wildman–Crippen LogP) is 2.35. The lowest BCUT2D eigenvalue weighted by molar-refractivity contribution is -0.470. The molecule has 102 valence electrons. The minimum absolute atomic E-state index is 0.0782. The molecule has 0 radical (unpaired) electrons. The van der Waals surface area contributed by atoms with E-state index in [1.54, 1.807) is 12.3 Å². The lowest BCUT2D eigenvalue weighted by atomic mass is 9.63. The van der Waals surface area contributed by atoms with E-state index in [9.17, 15) is 0 Å². The quantitative estimate of drug-likeness (QED) is 0.718. The van der Waals surface area contributed by atoms with E-state index < -0.39 is 0 Å². The molecule has 2 aliphatic heterocycles. The molecule has 4 nitrogen and oxygen atoms in total. The number of hydrogen-bond donors (Lipinski definition) is 0. The van der Waals surface area contributed by atoms with Crippen LogP contribution in [-0.2, 0) is 14.4 Å². The molecular weight excluding hydrogens is 230 g/mol. The molecule has 2 saturated carbocycles. The summed E-state index contributed by atoms with van der Waals surface area (Å²) in [5.41, 5.74) is 0.0782. The van der Waals surface area contributed by atoms with E-state index in [-0.39, 0.29) is 11.8 Å². The molecule has 0 aromatic heterocycles. The molecule has 0 N–H and O–H groups in total. The van der Waals surface area contributed by atoms with Gasteiger partial charge in [0.05, 0.1) is 12.1 Å².